The van der Waals surface area contributed by atoms with E-state index in [9.17, 15) is 8.78 Å². The normalized spacial score (nSPS) is 12.7. The highest BCUT2D eigenvalue weighted by Gasteiger charge is 2.15. The van der Waals surface area contributed by atoms with Gasteiger partial charge < -0.3 is 4.57 Å². The Hall–Kier alpha value is -1.43. The molecule has 0 aliphatic heterocycles. The van der Waals surface area contributed by atoms with Crippen molar-refractivity contribution >= 4 is 11.8 Å². The van der Waals surface area contributed by atoms with Crippen molar-refractivity contribution in [1.29, 1.82) is 0 Å². The molecule has 0 bridgehead atoms. The molecule has 2 aromatic rings. The molecule has 0 aliphatic carbocycles. The van der Waals surface area contributed by atoms with Crippen molar-refractivity contribution < 1.29 is 8.78 Å². The van der Waals surface area contributed by atoms with Crippen LogP contribution in [-0.2, 0) is 7.05 Å². The molecule has 0 saturated carbocycles. The van der Waals surface area contributed by atoms with Crippen LogP contribution in [0.25, 0.3) is 0 Å². The number of aromatic nitrogens is 3. The molecule has 6 heteroatoms. The number of aryl methyl sites for hydroxylation is 1. The van der Waals surface area contributed by atoms with Gasteiger partial charge in [-0.1, -0.05) is 11.8 Å². The second-order valence-corrected chi connectivity index (χ2v) is 4.96. The first kappa shape index (κ1) is 12.0. The Morgan fingerprint density at radius 1 is 1.35 bits per heavy atom. The van der Waals surface area contributed by atoms with Crippen LogP contribution in [0.1, 0.15) is 17.7 Å². The van der Waals surface area contributed by atoms with Crippen LogP contribution >= 0.6 is 11.8 Å². The van der Waals surface area contributed by atoms with Crippen molar-refractivity contribution in [2.24, 2.45) is 7.05 Å². The van der Waals surface area contributed by atoms with Gasteiger partial charge in [0.2, 0.25) is 0 Å². The van der Waals surface area contributed by atoms with Crippen molar-refractivity contribution in [2.75, 3.05) is 0 Å². The van der Waals surface area contributed by atoms with Crippen molar-refractivity contribution in [3.63, 3.8) is 0 Å². The first-order chi connectivity index (χ1) is 8.08. The van der Waals surface area contributed by atoms with Gasteiger partial charge in [0, 0.05) is 17.9 Å². The van der Waals surface area contributed by atoms with Crippen LogP contribution in [0, 0.1) is 11.6 Å². The quantitative estimate of drug-likeness (QED) is 0.790. The lowest BCUT2D eigenvalue weighted by atomic mass is 10.1. The molecule has 0 saturated heterocycles. The minimum Gasteiger partial charge on any atom is -0.312 e. The van der Waals surface area contributed by atoms with Crippen molar-refractivity contribution in [3.05, 3.63) is 41.7 Å². The largest absolute Gasteiger partial charge is 0.312 e. The van der Waals surface area contributed by atoms with E-state index in [1.54, 1.807) is 24.9 Å². The van der Waals surface area contributed by atoms with E-state index in [1.807, 2.05) is 0 Å². The van der Waals surface area contributed by atoms with Gasteiger partial charge in [0.1, 0.15) is 18.0 Å². The molecular formula is C11H11F2N3S. The number of hydrogen-bond acceptors (Lipinski definition) is 3. The zero-order valence-corrected chi connectivity index (χ0v) is 10.2. The molecule has 0 aliphatic rings. The van der Waals surface area contributed by atoms with Gasteiger partial charge in [0.05, 0.1) is 0 Å². The van der Waals surface area contributed by atoms with Crippen molar-refractivity contribution in [3.8, 4) is 0 Å². The van der Waals surface area contributed by atoms with Crippen LogP contribution in [0.5, 0.6) is 0 Å². The number of rotatable bonds is 3. The van der Waals surface area contributed by atoms with Gasteiger partial charge in [0.25, 0.3) is 0 Å². The molecule has 1 unspecified atom stereocenters. The molecule has 0 radical (unpaired) electrons. The topological polar surface area (TPSA) is 30.7 Å². The fourth-order valence-corrected chi connectivity index (χ4v) is 2.36. The molecule has 2 rings (SSSR count). The summed E-state index contributed by atoms with van der Waals surface area (Å²) in [5.41, 5.74) is 0.331. The Labute approximate surface area is 102 Å². The van der Waals surface area contributed by atoms with E-state index in [0.717, 1.165) is 12.1 Å². The van der Waals surface area contributed by atoms with E-state index in [2.05, 4.69) is 10.2 Å². The number of halogens is 2. The first-order valence-electron chi connectivity index (χ1n) is 5.03. The van der Waals surface area contributed by atoms with Crippen LogP contribution < -0.4 is 0 Å². The summed E-state index contributed by atoms with van der Waals surface area (Å²) in [6, 6.07) is 3.46. The highest BCUT2D eigenvalue weighted by atomic mass is 32.2. The number of hydrogen-bond donors (Lipinski definition) is 0. The van der Waals surface area contributed by atoms with Gasteiger partial charge >= 0.3 is 0 Å². The van der Waals surface area contributed by atoms with Gasteiger partial charge in [-0.3, -0.25) is 0 Å². The van der Waals surface area contributed by atoms with Gasteiger partial charge in [0.15, 0.2) is 5.16 Å². The Kier molecular flexibility index (Phi) is 3.42. The molecule has 0 fully saturated rings. The second kappa shape index (κ2) is 4.83. The van der Waals surface area contributed by atoms with Gasteiger partial charge in [-0.25, -0.2) is 8.78 Å². The molecule has 0 amide bonds. The summed E-state index contributed by atoms with van der Waals surface area (Å²) >= 11 is 1.34. The fraction of sp³-hybridized carbons (Fsp3) is 0.273. The third-order valence-electron chi connectivity index (χ3n) is 2.35. The van der Waals surface area contributed by atoms with Gasteiger partial charge in [-0.2, -0.15) is 0 Å². The van der Waals surface area contributed by atoms with E-state index in [4.69, 9.17) is 0 Å². The summed E-state index contributed by atoms with van der Waals surface area (Å²) < 4.78 is 28.3. The maximum atomic E-state index is 13.5. The standard InChI is InChI=1S/C11H11F2N3S/c1-7(17-11-15-14-6-16(11)2)9-5-8(12)3-4-10(9)13/h3-7H,1-2H3. The minimum atomic E-state index is -0.438. The molecule has 17 heavy (non-hydrogen) atoms. The molecule has 0 N–H and O–H groups in total. The number of benzene rings is 1. The molecule has 90 valence electrons. The second-order valence-electron chi connectivity index (χ2n) is 3.65. The van der Waals surface area contributed by atoms with Crippen LogP contribution in [0.3, 0.4) is 0 Å². The summed E-state index contributed by atoms with van der Waals surface area (Å²) in [4.78, 5) is 0. The van der Waals surface area contributed by atoms with E-state index < -0.39 is 11.6 Å². The Morgan fingerprint density at radius 2 is 2.12 bits per heavy atom. The van der Waals surface area contributed by atoms with Crippen LogP contribution in [0.15, 0.2) is 29.7 Å². The molecular weight excluding hydrogens is 244 g/mol. The van der Waals surface area contributed by atoms with E-state index in [0.29, 0.717) is 10.7 Å². The third-order valence-corrected chi connectivity index (χ3v) is 3.54. The maximum Gasteiger partial charge on any atom is 0.191 e. The molecule has 1 heterocycles. The lowest BCUT2D eigenvalue weighted by Gasteiger charge is -2.11. The number of nitrogens with zero attached hydrogens (tertiary/aromatic N) is 3. The Morgan fingerprint density at radius 3 is 2.76 bits per heavy atom. The average Bonchev–Trinajstić information content (AvgIpc) is 2.68. The van der Waals surface area contributed by atoms with E-state index in [1.165, 1.54) is 17.8 Å². The summed E-state index contributed by atoms with van der Waals surface area (Å²) in [5.74, 6) is -0.847. The summed E-state index contributed by atoms with van der Waals surface area (Å²) in [6.07, 6.45) is 1.57. The van der Waals surface area contributed by atoms with Crippen LogP contribution in [-0.4, -0.2) is 14.8 Å². The Bertz CT molecular complexity index is 527. The van der Waals surface area contributed by atoms with E-state index in [-0.39, 0.29) is 5.25 Å². The lowest BCUT2D eigenvalue weighted by Crippen LogP contribution is -1.97. The molecule has 1 atom stereocenters. The minimum absolute atomic E-state index is 0.228. The highest BCUT2D eigenvalue weighted by Crippen LogP contribution is 2.34. The zero-order chi connectivity index (χ0) is 12.4. The van der Waals surface area contributed by atoms with Crippen LogP contribution in [0.4, 0.5) is 8.78 Å². The SMILES string of the molecule is CC(Sc1nncn1C)c1cc(F)ccc1F. The maximum absolute atomic E-state index is 13.5. The van der Waals surface area contributed by atoms with E-state index >= 15 is 0 Å². The third kappa shape index (κ3) is 2.63. The van der Waals surface area contributed by atoms with Crippen molar-refractivity contribution in [1.82, 2.24) is 14.8 Å². The Balaban J connectivity index is 2.23. The molecule has 1 aromatic heterocycles. The monoisotopic (exact) mass is 255 g/mol. The summed E-state index contributed by atoms with van der Waals surface area (Å²) in [7, 11) is 1.80. The van der Waals surface area contributed by atoms with Crippen molar-refractivity contribution in [2.45, 2.75) is 17.3 Å². The smallest absolute Gasteiger partial charge is 0.191 e. The molecule has 0 spiro atoms. The van der Waals surface area contributed by atoms with Gasteiger partial charge in [-0.05, 0) is 25.1 Å². The lowest BCUT2D eigenvalue weighted by molar-refractivity contribution is 0.586. The molecule has 1 aromatic carbocycles. The average molecular weight is 255 g/mol. The zero-order valence-electron chi connectivity index (χ0n) is 9.39. The van der Waals surface area contributed by atoms with Gasteiger partial charge in [-0.15, -0.1) is 10.2 Å². The fourth-order valence-electron chi connectivity index (χ4n) is 1.43. The predicted molar refractivity (Wildman–Crippen MR) is 61.6 cm³/mol. The molecule has 3 nitrogen and oxygen atoms in total. The summed E-state index contributed by atoms with van der Waals surface area (Å²) in [6.45, 7) is 1.80. The van der Waals surface area contributed by atoms with Crippen LogP contribution in [0.2, 0.25) is 0 Å². The first-order valence-corrected chi connectivity index (χ1v) is 5.91. The highest BCUT2D eigenvalue weighted by molar-refractivity contribution is 7.99. The predicted octanol–water partition coefficient (Wildman–Crippen LogP) is 2.95. The number of thioether (sulfide) groups is 1. The summed E-state index contributed by atoms with van der Waals surface area (Å²) in [5, 5.41) is 8.07.